The number of benzene rings is 2. The molecule has 2 aromatic carbocycles. The average Bonchev–Trinajstić information content (AvgIpc) is 3.73. The van der Waals surface area contributed by atoms with Crippen molar-refractivity contribution in [2.75, 3.05) is 37.6 Å². The highest BCUT2D eigenvalue weighted by molar-refractivity contribution is 6.33. The highest BCUT2D eigenvalue weighted by Crippen LogP contribution is 2.29. The predicted octanol–water partition coefficient (Wildman–Crippen LogP) is 4.40. The summed E-state index contributed by atoms with van der Waals surface area (Å²) in [5.74, 6) is 0.620. The van der Waals surface area contributed by atoms with Gasteiger partial charge in [-0.15, -0.1) is 10.2 Å². The lowest BCUT2D eigenvalue weighted by Crippen LogP contribution is -2.52. The second-order valence-electron chi connectivity index (χ2n) is 8.80. The maximum Gasteiger partial charge on any atom is 0.254 e. The summed E-state index contributed by atoms with van der Waals surface area (Å²) in [6.07, 6.45) is 1.87. The van der Waals surface area contributed by atoms with Gasteiger partial charge >= 0.3 is 0 Å². The Labute approximate surface area is 214 Å². The van der Waals surface area contributed by atoms with Gasteiger partial charge in [-0.25, -0.2) is 0 Å². The van der Waals surface area contributed by atoms with E-state index in [1.807, 2.05) is 41.3 Å². The lowest BCUT2D eigenvalue weighted by atomic mass is 10.1. The molecule has 9 heteroatoms. The van der Waals surface area contributed by atoms with E-state index in [0.29, 0.717) is 41.8 Å². The van der Waals surface area contributed by atoms with Crippen LogP contribution in [0, 0.1) is 0 Å². The third-order valence-electron chi connectivity index (χ3n) is 6.40. The number of amides is 2. The van der Waals surface area contributed by atoms with Crippen LogP contribution in [0.1, 0.15) is 23.2 Å². The van der Waals surface area contributed by atoms with Crippen LogP contribution in [0.15, 0.2) is 60.7 Å². The minimum absolute atomic E-state index is 0.0287. The van der Waals surface area contributed by atoms with Crippen molar-refractivity contribution in [1.29, 1.82) is 0 Å². The van der Waals surface area contributed by atoms with Crippen molar-refractivity contribution in [3.63, 3.8) is 0 Å². The van der Waals surface area contributed by atoms with Crippen molar-refractivity contribution in [3.8, 4) is 11.3 Å². The molecule has 3 aromatic rings. The Hall–Kier alpha value is -3.16. The number of piperazine rings is 1. The topological polar surface area (TPSA) is 69.6 Å². The van der Waals surface area contributed by atoms with Crippen molar-refractivity contribution in [2.24, 2.45) is 0 Å². The molecule has 0 atom stereocenters. The summed E-state index contributed by atoms with van der Waals surface area (Å²) in [4.78, 5) is 31.7. The molecule has 5 rings (SSSR count). The molecule has 1 aliphatic heterocycles. The van der Waals surface area contributed by atoms with Crippen LogP contribution in [0.4, 0.5) is 5.82 Å². The van der Waals surface area contributed by atoms with E-state index in [0.717, 1.165) is 29.9 Å². The molecule has 1 saturated heterocycles. The second kappa shape index (κ2) is 10.2. The van der Waals surface area contributed by atoms with E-state index in [2.05, 4.69) is 15.1 Å². The van der Waals surface area contributed by atoms with Crippen molar-refractivity contribution in [2.45, 2.75) is 18.9 Å². The number of halogens is 2. The van der Waals surface area contributed by atoms with Crippen LogP contribution in [0.2, 0.25) is 10.0 Å². The molecule has 0 N–H and O–H groups in total. The summed E-state index contributed by atoms with van der Waals surface area (Å²) < 4.78 is 0. The Bertz CT molecular complexity index is 1210. The lowest BCUT2D eigenvalue weighted by molar-refractivity contribution is -0.132. The van der Waals surface area contributed by atoms with Gasteiger partial charge in [-0.05, 0) is 55.3 Å². The van der Waals surface area contributed by atoms with Crippen molar-refractivity contribution >= 4 is 40.8 Å². The fraction of sp³-hybridized carbons (Fsp3) is 0.308. The molecule has 2 heterocycles. The van der Waals surface area contributed by atoms with E-state index in [4.69, 9.17) is 23.2 Å². The van der Waals surface area contributed by atoms with Crippen molar-refractivity contribution in [1.82, 2.24) is 20.0 Å². The number of carbonyl (C=O) groups excluding carboxylic acids is 2. The molecule has 0 bridgehead atoms. The Kier molecular flexibility index (Phi) is 6.88. The van der Waals surface area contributed by atoms with Gasteiger partial charge in [0.1, 0.15) is 6.54 Å². The van der Waals surface area contributed by atoms with Gasteiger partial charge in [0.15, 0.2) is 5.82 Å². The van der Waals surface area contributed by atoms with Crippen LogP contribution in [0.5, 0.6) is 0 Å². The summed E-state index contributed by atoms with van der Waals surface area (Å²) in [6.45, 7) is 2.54. The van der Waals surface area contributed by atoms with Gasteiger partial charge in [0.05, 0.1) is 10.7 Å². The number of nitrogens with zero attached hydrogens (tertiary/aromatic N) is 5. The van der Waals surface area contributed by atoms with Crippen molar-refractivity contribution in [3.05, 3.63) is 76.3 Å². The van der Waals surface area contributed by atoms with E-state index in [1.54, 1.807) is 29.2 Å². The Morgan fingerprint density at radius 3 is 2.23 bits per heavy atom. The van der Waals surface area contributed by atoms with Gasteiger partial charge < -0.3 is 14.7 Å². The SMILES string of the molecule is O=C(CN(C(=O)c1ccc(Cl)cc1)C1CC1)N1CCN(c2ccc(-c3ccccc3Cl)nn2)CC1. The van der Waals surface area contributed by atoms with Crippen LogP contribution in [0.25, 0.3) is 11.3 Å². The minimum Gasteiger partial charge on any atom is -0.352 e. The molecular formula is C26H25Cl2N5O2. The molecule has 0 unspecified atom stereocenters. The predicted molar refractivity (Wildman–Crippen MR) is 137 cm³/mol. The molecular weight excluding hydrogens is 485 g/mol. The molecule has 1 saturated carbocycles. The Morgan fingerprint density at radius 1 is 0.886 bits per heavy atom. The molecule has 2 aliphatic rings. The first-order valence-corrected chi connectivity index (χ1v) is 12.4. The average molecular weight is 510 g/mol. The summed E-state index contributed by atoms with van der Waals surface area (Å²) in [7, 11) is 0. The number of rotatable bonds is 6. The zero-order valence-corrected chi connectivity index (χ0v) is 20.6. The van der Waals surface area contributed by atoms with Gasteiger partial charge in [0, 0.05) is 48.4 Å². The van der Waals surface area contributed by atoms with Crippen molar-refractivity contribution < 1.29 is 9.59 Å². The van der Waals surface area contributed by atoms with Gasteiger partial charge in [0.25, 0.3) is 5.91 Å². The first kappa shape index (κ1) is 23.6. The Balaban J connectivity index is 1.18. The van der Waals surface area contributed by atoms with Crippen LogP contribution in [-0.4, -0.2) is 70.6 Å². The highest BCUT2D eigenvalue weighted by Gasteiger charge is 2.35. The van der Waals surface area contributed by atoms with Gasteiger partial charge in [-0.3, -0.25) is 9.59 Å². The number of hydrogen-bond acceptors (Lipinski definition) is 5. The minimum atomic E-state index is -0.120. The first-order valence-electron chi connectivity index (χ1n) is 11.7. The monoisotopic (exact) mass is 509 g/mol. The highest BCUT2D eigenvalue weighted by atomic mass is 35.5. The molecule has 0 spiro atoms. The number of anilines is 1. The molecule has 1 aromatic heterocycles. The zero-order chi connectivity index (χ0) is 24.4. The second-order valence-corrected chi connectivity index (χ2v) is 9.64. The molecule has 2 fully saturated rings. The van der Waals surface area contributed by atoms with Gasteiger partial charge in [0.2, 0.25) is 5.91 Å². The summed E-state index contributed by atoms with van der Waals surface area (Å²) in [6, 6.07) is 18.3. The standard InChI is InChI=1S/C26H25Cl2N5O2/c27-19-7-5-18(6-8-19)26(35)33(20-9-10-20)17-25(34)32-15-13-31(14-16-32)24-12-11-23(29-30-24)21-3-1-2-4-22(21)28/h1-8,11-12,20H,9-10,13-17H2. The largest absolute Gasteiger partial charge is 0.352 e. The number of hydrogen-bond donors (Lipinski definition) is 0. The summed E-state index contributed by atoms with van der Waals surface area (Å²) in [5.41, 5.74) is 2.12. The van der Waals surface area contributed by atoms with E-state index in [-0.39, 0.29) is 24.4 Å². The maximum absolute atomic E-state index is 13.1. The van der Waals surface area contributed by atoms with Crippen LogP contribution in [0.3, 0.4) is 0 Å². The number of aromatic nitrogens is 2. The summed E-state index contributed by atoms with van der Waals surface area (Å²) >= 11 is 12.2. The number of carbonyl (C=O) groups is 2. The lowest BCUT2D eigenvalue weighted by Gasteiger charge is -2.36. The van der Waals surface area contributed by atoms with Gasteiger partial charge in [-0.2, -0.15) is 0 Å². The summed E-state index contributed by atoms with van der Waals surface area (Å²) in [5, 5.41) is 9.95. The quantitative estimate of drug-likeness (QED) is 0.492. The zero-order valence-electron chi connectivity index (χ0n) is 19.1. The smallest absolute Gasteiger partial charge is 0.254 e. The fourth-order valence-electron chi connectivity index (χ4n) is 4.25. The molecule has 2 amide bonds. The molecule has 7 nitrogen and oxygen atoms in total. The van der Waals surface area contributed by atoms with Crippen LogP contribution >= 0.6 is 23.2 Å². The van der Waals surface area contributed by atoms with Crippen LogP contribution in [-0.2, 0) is 4.79 Å². The molecule has 180 valence electrons. The Morgan fingerprint density at radius 2 is 1.60 bits per heavy atom. The van der Waals surface area contributed by atoms with E-state index >= 15 is 0 Å². The van der Waals surface area contributed by atoms with E-state index in [9.17, 15) is 9.59 Å². The maximum atomic E-state index is 13.1. The third-order valence-corrected chi connectivity index (χ3v) is 6.98. The van der Waals surface area contributed by atoms with E-state index < -0.39 is 0 Å². The van der Waals surface area contributed by atoms with Crippen LogP contribution < -0.4 is 4.90 Å². The van der Waals surface area contributed by atoms with E-state index in [1.165, 1.54) is 0 Å². The fourth-order valence-corrected chi connectivity index (χ4v) is 4.61. The van der Waals surface area contributed by atoms with Gasteiger partial charge in [-0.1, -0.05) is 41.4 Å². The third kappa shape index (κ3) is 5.41. The molecule has 1 aliphatic carbocycles. The normalized spacial score (nSPS) is 15.7. The first-order chi connectivity index (χ1) is 17.0. The molecule has 0 radical (unpaired) electrons. The molecule has 35 heavy (non-hydrogen) atoms.